The second-order valence-corrected chi connectivity index (χ2v) is 5.27. The third-order valence-corrected chi connectivity index (χ3v) is 3.71. The zero-order valence-corrected chi connectivity index (χ0v) is 12.4. The summed E-state index contributed by atoms with van der Waals surface area (Å²) in [5, 5.41) is 3.26. The van der Waals surface area contributed by atoms with E-state index >= 15 is 0 Å². The maximum Gasteiger partial charge on any atom is 0.238 e. The smallest absolute Gasteiger partial charge is 0.238 e. The van der Waals surface area contributed by atoms with Gasteiger partial charge in [-0.1, -0.05) is 18.2 Å². The zero-order valence-electron chi connectivity index (χ0n) is 12.4. The lowest BCUT2D eigenvalue weighted by atomic mass is 10.1. The normalized spacial score (nSPS) is 12.4. The molecule has 0 fully saturated rings. The van der Waals surface area contributed by atoms with Gasteiger partial charge in [0.25, 0.3) is 0 Å². The minimum absolute atomic E-state index is 0.150. The molecule has 0 unspecified atom stereocenters. The van der Waals surface area contributed by atoms with E-state index in [1.165, 1.54) is 11.8 Å². The fourth-order valence-corrected chi connectivity index (χ4v) is 2.74. The van der Waals surface area contributed by atoms with Gasteiger partial charge in [0.1, 0.15) is 0 Å². The van der Waals surface area contributed by atoms with Gasteiger partial charge < -0.3 is 5.32 Å². The second kappa shape index (κ2) is 5.97. The summed E-state index contributed by atoms with van der Waals surface area (Å²) in [4.78, 5) is 29.9. The van der Waals surface area contributed by atoms with Crippen LogP contribution in [0.4, 0.5) is 11.4 Å². The number of rotatable bonds is 3. The number of nitrogens with one attached hydrogen (secondary N) is 1. The van der Waals surface area contributed by atoms with Crippen molar-refractivity contribution in [2.24, 2.45) is 0 Å². The molecule has 0 radical (unpaired) electrons. The number of fused-ring (bicyclic) bond motifs is 1. The molecule has 0 bridgehead atoms. The molecule has 112 valence electrons. The number of aromatic nitrogens is 1. The van der Waals surface area contributed by atoms with E-state index in [2.05, 4.69) is 10.3 Å². The maximum atomic E-state index is 12.6. The largest absolute Gasteiger partial charge is 0.383 e. The predicted octanol–water partition coefficient (Wildman–Crippen LogP) is 2.17. The molecule has 2 amide bonds. The van der Waals surface area contributed by atoms with Gasteiger partial charge in [0.2, 0.25) is 11.8 Å². The lowest BCUT2D eigenvalue weighted by Crippen LogP contribution is -2.36. The van der Waals surface area contributed by atoms with Crippen LogP contribution in [0.15, 0.2) is 42.7 Å². The number of nitrogens with zero attached hydrogens (tertiary/aromatic N) is 2. The Balaban J connectivity index is 1.92. The van der Waals surface area contributed by atoms with Crippen molar-refractivity contribution in [3.05, 3.63) is 53.9 Å². The zero-order chi connectivity index (χ0) is 15.5. The quantitative estimate of drug-likeness (QED) is 0.942. The summed E-state index contributed by atoms with van der Waals surface area (Å²) in [6, 6.07) is 9.32. The highest BCUT2D eigenvalue weighted by Crippen LogP contribution is 2.33. The van der Waals surface area contributed by atoms with Crippen LogP contribution in [0, 0.1) is 0 Å². The van der Waals surface area contributed by atoms with Gasteiger partial charge >= 0.3 is 0 Å². The van der Waals surface area contributed by atoms with Crippen molar-refractivity contribution in [2.45, 2.75) is 19.8 Å². The molecule has 22 heavy (non-hydrogen) atoms. The molecule has 0 saturated heterocycles. The fraction of sp³-hybridized carbons (Fsp3) is 0.235. The van der Waals surface area contributed by atoms with E-state index in [4.69, 9.17) is 0 Å². The van der Waals surface area contributed by atoms with Gasteiger partial charge in [-0.15, -0.1) is 0 Å². The third kappa shape index (κ3) is 2.70. The molecule has 1 N–H and O–H groups in total. The molecular weight excluding hydrogens is 278 g/mol. The van der Waals surface area contributed by atoms with Crippen LogP contribution in [0.25, 0.3) is 0 Å². The number of hydrogen-bond donors (Lipinski definition) is 1. The van der Waals surface area contributed by atoms with Crippen molar-refractivity contribution < 1.29 is 9.59 Å². The van der Waals surface area contributed by atoms with E-state index in [1.54, 1.807) is 24.5 Å². The summed E-state index contributed by atoms with van der Waals surface area (Å²) in [5.41, 5.74) is 3.45. The SMILES string of the molecule is CC(=O)N(C(=O)Cc1cccnc1)c1cccc2c1NCC2. The molecule has 1 aliphatic heterocycles. The number of carbonyl (C=O) groups excluding carboxylic acids is 2. The first-order valence-electron chi connectivity index (χ1n) is 7.25. The number of pyridine rings is 1. The monoisotopic (exact) mass is 295 g/mol. The molecule has 1 aromatic heterocycles. The summed E-state index contributed by atoms with van der Waals surface area (Å²) in [7, 11) is 0. The van der Waals surface area contributed by atoms with E-state index in [1.807, 2.05) is 18.2 Å². The summed E-state index contributed by atoms with van der Waals surface area (Å²) in [6.07, 6.45) is 4.36. The van der Waals surface area contributed by atoms with Crippen molar-refractivity contribution in [3.63, 3.8) is 0 Å². The van der Waals surface area contributed by atoms with E-state index in [9.17, 15) is 9.59 Å². The minimum Gasteiger partial charge on any atom is -0.383 e. The first kappa shape index (κ1) is 14.3. The van der Waals surface area contributed by atoms with Gasteiger partial charge in [-0.05, 0) is 29.7 Å². The highest BCUT2D eigenvalue weighted by molar-refractivity contribution is 6.16. The Hall–Kier alpha value is -2.69. The van der Waals surface area contributed by atoms with Gasteiger partial charge in [0.15, 0.2) is 0 Å². The first-order chi connectivity index (χ1) is 10.7. The Kier molecular flexibility index (Phi) is 3.87. The highest BCUT2D eigenvalue weighted by atomic mass is 16.2. The molecule has 3 rings (SSSR count). The molecule has 5 nitrogen and oxygen atoms in total. The summed E-state index contributed by atoms with van der Waals surface area (Å²) in [5.74, 6) is -0.529. The van der Waals surface area contributed by atoms with E-state index in [0.29, 0.717) is 5.69 Å². The average molecular weight is 295 g/mol. The molecule has 1 aliphatic rings. The van der Waals surface area contributed by atoms with Crippen LogP contribution in [0.1, 0.15) is 18.1 Å². The minimum atomic E-state index is -0.281. The number of hydrogen-bond acceptors (Lipinski definition) is 4. The van der Waals surface area contributed by atoms with Crippen LogP contribution in [-0.2, 0) is 22.4 Å². The molecule has 2 aromatic rings. The topological polar surface area (TPSA) is 62.3 Å². The average Bonchev–Trinajstić information content (AvgIpc) is 2.97. The Morgan fingerprint density at radius 3 is 2.86 bits per heavy atom. The molecular formula is C17H17N3O2. The van der Waals surface area contributed by atoms with Crippen molar-refractivity contribution in [1.29, 1.82) is 0 Å². The number of benzene rings is 1. The summed E-state index contributed by atoms with van der Waals surface area (Å²) < 4.78 is 0. The van der Waals surface area contributed by atoms with Crippen molar-refractivity contribution >= 4 is 23.2 Å². The van der Waals surface area contributed by atoms with Gasteiger partial charge in [-0.2, -0.15) is 0 Å². The lowest BCUT2D eigenvalue weighted by Gasteiger charge is -2.22. The predicted molar refractivity (Wildman–Crippen MR) is 84.7 cm³/mol. The van der Waals surface area contributed by atoms with Crippen LogP contribution in [0.2, 0.25) is 0 Å². The lowest BCUT2D eigenvalue weighted by molar-refractivity contribution is -0.125. The standard InChI is InChI=1S/C17H17N3O2/c1-12(21)20(16(22)10-13-4-3-8-18-11-13)15-6-2-5-14-7-9-19-17(14)15/h2-6,8,11,19H,7,9-10H2,1H3. The van der Waals surface area contributed by atoms with Crippen LogP contribution >= 0.6 is 0 Å². The molecule has 0 atom stereocenters. The number of imide groups is 1. The maximum absolute atomic E-state index is 12.6. The van der Waals surface area contributed by atoms with E-state index in [-0.39, 0.29) is 18.2 Å². The Bertz CT molecular complexity index is 713. The van der Waals surface area contributed by atoms with E-state index < -0.39 is 0 Å². The molecule has 5 heteroatoms. The van der Waals surface area contributed by atoms with Gasteiger partial charge in [-0.25, -0.2) is 4.90 Å². The van der Waals surface area contributed by atoms with E-state index in [0.717, 1.165) is 29.8 Å². The molecule has 0 saturated carbocycles. The number of anilines is 2. The number of carbonyl (C=O) groups is 2. The van der Waals surface area contributed by atoms with Crippen molar-refractivity contribution in [1.82, 2.24) is 4.98 Å². The van der Waals surface area contributed by atoms with Gasteiger partial charge in [-0.3, -0.25) is 14.6 Å². The summed E-state index contributed by atoms with van der Waals surface area (Å²) >= 11 is 0. The highest BCUT2D eigenvalue weighted by Gasteiger charge is 2.25. The first-order valence-corrected chi connectivity index (χ1v) is 7.25. The van der Waals surface area contributed by atoms with Crippen LogP contribution in [-0.4, -0.2) is 23.3 Å². The third-order valence-electron chi connectivity index (χ3n) is 3.71. The molecule has 2 heterocycles. The van der Waals surface area contributed by atoms with Gasteiger partial charge in [0, 0.05) is 25.9 Å². The Labute approximate surface area is 129 Å². The summed E-state index contributed by atoms with van der Waals surface area (Å²) in [6.45, 7) is 2.24. The van der Waals surface area contributed by atoms with Crippen molar-refractivity contribution in [2.75, 3.05) is 16.8 Å². The van der Waals surface area contributed by atoms with Gasteiger partial charge in [0.05, 0.1) is 17.8 Å². The van der Waals surface area contributed by atoms with Crippen LogP contribution in [0.3, 0.4) is 0 Å². The number of amides is 2. The molecule has 0 spiro atoms. The van der Waals surface area contributed by atoms with Crippen LogP contribution in [0.5, 0.6) is 0 Å². The molecule has 0 aliphatic carbocycles. The fourth-order valence-electron chi connectivity index (χ4n) is 2.74. The Morgan fingerprint density at radius 1 is 1.27 bits per heavy atom. The van der Waals surface area contributed by atoms with Crippen molar-refractivity contribution in [3.8, 4) is 0 Å². The molecule has 1 aromatic carbocycles. The van der Waals surface area contributed by atoms with Crippen LogP contribution < -0.4 is 10.2 Å². The number of para-hydroxylation sites is 1. The second-order valence-electron chi connectivity index (χ2n) is 5.27. The Morgan fingerprint density at radius 2 is 2.14 bits per heavy atom.